The predicted molar refractivity (Wildman–Crippen MR) is 275 cm³/mol. The van der Waals surface area contributed by atoms with Crippen LogP contribution in [0.5, 0.6) is 0 Å². The molecule has 1 heterocycles. The highest BCUT2D eigenvalue weighted by atomic mass is 16.7. The molecule has 0 aliphatic carbocycles. The molecule has 0 aromatic heterocycles. The van der Waals surface area contributed by atoms with Crippen LogP contribution in [0.15, 0.2) is 24.3 Å². The Morgan fingerprint density at radius 2 is 0.824 bits per heavy atom. The largest absolute Gasteiger partial charge is 0.479 e. The van der Waals surface area contributed by atoms with Crippen LogP contribution in [-0.2, 0) is 33.3 Å². The number of hydrogen-bond acceptors (Lipinski definition) is 10. The van der Waals surface area contributed by atoms with E-state index in [0.29, 0.717) is 12.8 Å². The number of allylic oxidation sites excluding steroid dienone is 4. The van der Waals surface area contributed by atoms with Gasteiger partial charge in [-0.15, -0.1) is 0 Å². The van der Waals surface area contributed by atoms with Crippen molar-refractivity contribution in [3.63, 3.8) is 0 Å². The minimum absolute atomic E-state index is 0.187. The first kappa shape index (κ1) is 63.7. The standard InChI is InChI=1S/C57H104O11/c1-3-5-7-9-11-13-15-17-19-21-23-24-25-26-28-30-32-34-36-38-40-42-44-46-51(59)67-49(48-66-57-54(62)52(60)53(61)55(68-57)56(63)64)47-65-50(58)45-43-41-39-37-35-33-31-29-27-22-20-18-16-14-12-10-8-6-4-2/h12,14,18,20,49,52-55,57,60-62H,3-11,13,15-17,19,21-48H2,1-2H3,(H,63,64)/b14-12-,20-18-. The fourth-order valence-electron chi connectivity index (χ4n) is 8.85. The zero-order valence-electron chi connectivity index (χ0n) is 43.6. The zero-order valence-corrected chi connectivity index (χ0v) is 43.6. The maximum Gasteiger partial charge on any atom is 0.335 e. The van der Waals surface area contributed by atoms with Crippen molar-refractivity contribution in [3.8, 4) is 0 Å². The van der Waals surface area contributed by atoms with Crippen LogP contribution in [0, 0.1) is 0 Å². The van der Waals surface area contributed by atoms with Crippen molar-refractivity contribution in [2.75, 3.05) is 13.2 Å². The number of unbranched alkanes of at least 4 members (excludes halogenated alkanes) is 34. The maximum atomic E-state index is 12.9. The number of carboxylic acid groups (broad SMARTS) is 1. The predicted octanol–water partition coefficient (Wildman–Crippen LogP) is 14.1. The molecule has 0 spiro atoms. The Bertz CT molecular complexity index is 1220. The Morgan fingerprint density at radius 3 is 1.25 bits per heavy atom. The van der Waals surface area contributed by atoms with Crippen molar-refractivity contribution in [3.05, 3.63) is 24.3 Å². The molecule has 0 saturated carbocycles. The molecule has 1 aliphatic heterocycles. The second-order valence-electron chi connectivity index (χ2n) is 19.8. The molecule has 0 aromatic rings. The molecule has 4 N–H and O–H groups in total. The SMILES string of the molecule is CCCCC/C=C\C/C=C\CCCCCCCCCCCC(=O)OCC(COC1OC(C(=O)O)C(O)C(O)C1O)OC(=O)CCCCCCCCCCCCCCCCCCCCCCCCC. The van der Waals surface area contributed by atoms with Gasteiger partial charge in [0.1, 0.15) is 24.9 Å². The van der Waals surface area contributed by atoms with Gasteiger partial charge in [-0.05, 0) is 44.9 Å². The number of carbonyl (C=O) groups is 3. The van der Waals surface area contributed by atoms with Crippen molar-refractivity contribution < 1.29 is 53.8 Å². The van der Waals surface area contributed by atoms with Crippen LogP contribution in [0.2, 0.25) is 0 Å². The van der Waals surface area contributed by atoms with E-state index in [1.807, 2.05) is 0 Å². The first-order chi connectivity index (χ1) is 33.2. The molecular weight excluding hydrogens is 861 g/mol. The number of hydrogen-bond donors (Lipinski definition) is 4. The molecule has 68 heavy (non-hydrogen) atoms. The molecule has 1 fully saturated rings. The Balaban J connectivity index is 2.24. The summed E-state index contributed by atoms with van der Waals surface area (Å²) in [4.78, 5) is 37.1. The zero-order chi connectivity index (χ0) is 49.6. The highest BCUT2D eigenvalue weighted by Crippen LogP contribution is 2.23. The monoisotopic (exact) mass is 965 g/mol. The van der Waals surface area contributed by atoms with E-state index in [1.54, 1.807) is 0 Å². The summed E-state index contributed by atoms with van der Waals surface area (Å²) in [6.07, 6.45) is 46.6. The van der Waals surface area contributed by atoms with Crippen molar-refractivity contribution in [1.82, 2.24) is 0 Å². The van der Waals surface area contributed by atoms with E-state index in [0.717, 1.165) is 51.4 Å². The molecular formula is C57H104O11. The number of rotatable bonds is 49. The molecule has 398 valence electrons. The van der Waals surface area contributed by atoms with E-state index in [4.69, 9.17) is 18.9 Å². The lowest BCUT2D eigenvalue weighted by atomic mass is 9.99. The number of aliphatic hydroxyl groups excluding tert-OH is 3. The number of aliphatic carboxylic acids is 1. The number of carboxylic acids is 1. The summed E-state index contributed by atoms with van der Waals surface area (Å²) in [6, 6.07) is 0. The quantitative estimate of drug-likeness (QED) is 0.0260. The lowest BCUT2D eigenvalue weighted by molar-refractivity contribution is -0.298. The van der Waals surface area contributed by atoms with Gasteiger partial charge in [0.2, 0.25) is 0 Å². The van der Waals surface area contributed by atoms with E-state index in [9.17, 15) is 34.8 Å². The van der Waals surface area contributed by atoms with Crippen LogP contribution in [0.1, 0.15) is 271 Å². The van der Waals surface area contributed by atoms with Gasteiger partial charge in [-0.3, -0.25) is 9.59 Å². The molecule has 0 aromatic carbocycles. The molecule has 1 saturated heterocycles. The van der Waals surface area contributed by atoms with Gasteiger partial charge in [-0.1, -0.05) is 237 Å². The third kappa shape index (κ3) is 37.5. The summed E-state index contributed by atoms with van der Waals surface area (Å²) in [5.74, 6) is -2.43. The highest BCUT2D eigenvalue weighted by molar-refractivity contribution is 5.73. The summed E-state index contributed by atoms with van der Waals surface area (Å²) in [7, 11) is 0. The van der Waals surface area contributed by atoms with Crippen molar-refractivity contribution >= 4 is 17.9 Å². The van der Waals surface area contributed by atoms with Crippen molar-refractivity contribution in [1.29, 1.82) is 0 Å². The summed E-state index contributed by atoms with van der Waals surface area (Å²) in [5, 5.41) is 40.0. The van der Waals surface area contributed by atoms with Gasteiger partial charge in [-0.25, -0.2) is 4.79 Å². The van der Waals surface area contributed by atoms with Gasteiger partial charge < -0.3 is 39.4 Å². The first-order valence-corrected chi connectivity index (χ1v) is 28.4. The fourth-order valence-corrected chi connectivity index (χ4v) is 8.85. The molecule has 0 bridgehead atoms. The van der Waals surface area contributed by atoms with E-state index >= 15 is 0 Å². The van der Waals surface area contributed by atoms with Gasteiger partial charge in [0.15, 0.2) is 18.5 Å². The van der Waals surface area contributed by atoms with Gasteiger partial charge in [-0.2, -0.15) is 0 Å². The second kappa shape index (κ2) is 47.0. The molecule has 0 amide bonds. The molecule has 6 unspecified atom stereocenters. The number of ether oxygens (including phenoxy) is 4. The summed E-state index contributed by atoms with van der Waals surface area (Å²) in [6.45, 7) is 3.84. The minimum atomic E-state index is -1.86. The molecule has 11 nitrogen and oxygen atoms in total. The highest BCUT2D eigenvalue weighted by Gasteiger charge is 2.47. The average molecular weight is 965 g/mol. The first-order valence-electron chi connectivity index (χ1n) is 28.4. The number of carbonyl (C=O) groups excluding carboxylic acids is 2. The Kier molecular flexibility index (Phi) is 44.1. The molecule has 1 rings (SSSR count). The van der Waals surface area contributed by atoms with E-state index < -0.39 is 54.7 Å². The van der Waals surface area contributed by atoms with Crippen molar-refractivity contribution in [2.45, 2.75) is 307 Å². The molecule has 11 heteroatoms. The Labute approximate surface area is 415 Å². The molecule has 0 radical (unpaired) electrons. The van der Waals surface area contributed by atoms with E-state index in [-0.39, 0.29) is 26.1 Å². The normalized spacial score (nSPS) is 19.0. The second-order valence-corrected chi connectivity index (χ2v) is 19.8. The van der Waals surface area contributed by atoms with Crippen LogP contribution >= 0.6 is 0 Å². The van der Waals surface area contributed by atoms with Crippen molar-refractivity contribution in [2.24, 2.45) is 0 Å². The van der Waals surface area contributed by atoms with Gasteiger partial charge in [0, 0.05) is 12.8 Å². The summed E-state index contributed by atoms with van der Waals surface area (Å²) < 4.78 is 21.9. The van der Waals surface area contributed by atoms with Crippen LogP contribution in [0.3, 0.4) is 0 Å². The van der Waals surface area contributed by atoms with Crippen LogP contribution in [0.25, 0.3) is 0 Å². The minimum Gasteiger partial charge on any atom is -0.479 e. The Morgan fingerprint density at radius 1 is 0.456 bits per heavy atom. The summed E-state index contributed by atoms with van der Waals surface area (Å²) >= 11 is 0. The smallest absolute Gasteiger partial charge is 0.335 e. The van der Waals surface area contributed by atoms with E-state index in [1.165, 1.54) is 180 Å². The lowest BCUT2D eigenvalue weighted by Crippen LogP contribution is -2.60. The number of esters is 2. The van der Waals surface area contributed by atoms with Gasteiger partial charge in [0.05, 0.1) is 6.61 Å². The maximum absolute atomic E-state index is 12.9. The third-order valence-electron chi connectivity index (χ3n) is 13.3. The van der Waals surface area contributed by atoms with Crippen LogP contribution in [-0.4, -0.2) is 88.4 Å². The third-order valence-corrected chi connectivity index (χ3v) is 13.3. The Hall–Kier alpha value is -2.31. The van der Waals surface area contributed by atoms with Gasteiger partial charge >= 0.3 is 17.9 Å². The van der Waals surface area contributed by atoms with Crippen LogP contribution in [0.4, 0.5) is 0 Å². The molecule has 6 atom stereocenters. The number of aliphatic hydroxyl groups is 3. The lowest BCUT2D eigenvalue weighted by Gasteiger charge is -2.38. The average Bonchev–Trinajstić information content (AvgIpc) is 3.32. The fraction of sp³-hybridized carbons (Fsp3) is 0.877. The van der Waals surface area contributed by atoms with Gasteiger partial charge in [0.25, 0.3) is 0 Å². The topological polar surface area (TPSA) is 169 Å². The van der Waals surface area contributed by atoms with E-state index in [2.05, 4.69) is 38.2 Å². The van der Waals surface area contributed by atoms with Crippen LogP contribution < -0.4 is 0 Å². The summed E-state index contributed by atoms with van der Waals surface area (Å²) in [5.41, 5.74) is 0. The molecule has 1 aliphatic rings.